The third-order valence-electron chi connectivity index (χ3n) is 7.31. The summed E-state index contributed by atoms with van der Waals surface area (Å²) in [6, 6.07) is 31.7. The van der Waals surface area contributed by atoms with Crippen LogP contribution in [0.5, 0.6) is 0 Å². The van der Waals surface area contributed by atoms with E-state index in [0.717, 1.165) is 12.0 Å². The lowest BCUT2D eigenvalue weighted by molar-refractivity contribution is -0.152. The van der Waals surface area contributed by atoms with Gasteiger partial charge in [-0.2, -0.15) is 0 Å². The van der Waals surface area contributed by atoms with Gasteiger partial charge in [-0.1, -0.05) is 117 Å². The maximum atomic E-state index is 12.6. The molecule has 0 saturated carbocycles. The van der Waals surface area contributed by atoms with E-state index in [1.54, 1.807) is 0 Å². The van der Waals surface area contributed by atoms with Gasteiger partial charge in [-0.05, 0) is 42.2 Å². The first-order valence-corrected chi connectivity index (χ1v) is 18.2. The Labute approximate surface area is 283 Å². The quantitative estimate of drug-likeness (QED) is 0.0824. The molecule has 1 N–H and O–H groups in total. The number of hydrogen-bond acceptors (Lipinski definition) is 7. The summed E-state index contributed by atoms with van der Waals surface area (Å²) in [6.45, 7) is 8.82. The highest BCUT2D eigenvalue weighted by atomic mass is 32.2. The van der Waals surface area contributed by atoms with Gasteiger partial charge in [-0.15, -0.1) is 11.8 Å². The molecule has 8 nitrogen and oxygen atoms in total. The van der Waals surface area contributed by atoms with Crippen molar-refractivity contribution in [2.75, 3.05) is 38.8 Å². The summed E-state index contributed by atoms with van der Waals surface area (Å²) in [6.07, 6.45) is 3.05. The number of nitrogens with zero attached hydrogens (tertiary/aromatic N) is 1. The SMILES string of the molecule is C=CCOC(=O)C1=C(CC)CSC2[C@H](NC(=O)COCCOCCC)C(=O)N12.c1ccc(P(c2ccccc2)c2ccccc2)cc1. The largest absolute Gasteiger partial charge is 0.457 e. The van der Waals surface area contributed by atoms with Crippen LogP contribution in [0.15, 0.2) is 115 Å². The van der Waals surface area contributed by atoms with Crippen molar-refractivity contribution >= 4 is 53.4 Å². The fraction of sp³-hybridized carbons (Fsp3) is 0.324. The zero-order valence-corrected chi connectivity index (χ0v) is 28.7. The number of carbonyl (C=O) groups is 3. The van der Waals surface area contributed by atoms with Crippen molar-refractivity contribution in [2.45, 2.75) is 38.1 Å². The highest BCUT2D eigenvalue weighted by molar-refractivity contribution is 8.00. The van der Waals surface area contributed by atoms with Crippen molar-refractivity contribution < 1.29 is 28.6 Å². The van der Waals surface area contributed by atoms with E-state index in [1.807, 2.05) is 13.8 Å². The number of thioether (sulfide) groups is 1. The van der Waals surface area contributed by atoms with Crippen molar-refractivity contribution in [2.24, 2.45) is 0 Å². The zero-order chi connectivity index (χ0) is 33.4. The van der Waals surface area contributed by atoms with Crippen LogP contribution in [0.25, 0.3) is 0 Å². The van der Waals surface area contributed by atoms with E-state index in [0.29, 0.717) is 37.7 Å². The second-order valence-electron chi connectivity index (χ2n) is 10.7. The van der Waals surface area contributed by atoms with Gasteiger partial charge in [0.15, 0.2) is 0 Å². The molecule has 0 spiro atoms. The summed E-state index contributed by atoms with van der Waals surface area (Å²) < 4.78 is 15.7. The third kappa shape index (κ3) is 9.88. The number of β-lactam (4-membered cyclic amide) rings is 1. The molecule has 47 heavy (non-hydrogen) atoms. The Morgan fingerprint density at radius 3 is 1.96 bits per heavy atom. The summed E-state index contributed by atoms with van der Waals surface area (Å²) in [5, 5.41) is 6.58. The van der Waals surface area contributed by atoms with E-state index >= 15 is 0 Å². The van der Waals surface area contributed by atoms with E-state index in [2.05, 4.69) is 103 Å². The first kappa shape index (κ1) is 36.1. The molecule has 1 saturated heterocycles. The van der Waals surface area contributed by atoms with Crippen LogP contribution in [0.1, 0.15) is 26.7 Å². The van der Waals surface area contributed by atoms with E-state index in [-0.39, 0.29) is 30.4 Å². The van der Waals surface area contributed by atoms with Crippen LogP contribution in [0.2, 0.25) is 0 Å². The molecule has 2 atom stereocenters. The van der Waals surface area contributed by atoms with Crippen LogP contribution in [0.3, 0.4) is 0 Å². The molecule has 0 aliphatic carbocycles. The number of esters is 1. The van der Waals surface area contributed by atoms with Crippen LogP contribution >= 0.6 is 19.7 Å². The summed E-state index contributed by atoms with van der Waals surface area (Å²) in [4.78, 5) is 38.5. The number of benzene rings is 3. The van der Waals surface area contributed by atoms with E-state index in [9.17, 15) is 14.4 Å². The highest BCUT2D eigenvalue weighted by Crippen LogP contribution is 2.41. The van der Waals surface area contributed by atoms with Gasteiger partial charge in [0, 0.05) is 12.4 Å². The van der Waals surface area contributed by atoms with Crippen molar-refractivity contribution in [3.05, 3.63) is 115 Å². The molecule has 0 aromatic heterocycles. The number of nitrogens with one attached hydrogen (secondary N) is 1. The number of hydrogen-bond donors (Lipinski definition) is 1. The van der Waals surface area contributed by atoms with Gasteiger partial charge in [0.05, 0.1) is 13.2 Å². The van der Waals surface area contributed by atoms with Crippen molar-refractivity contribution in [3.63, 3.8) is 0 Å². The van der Waals surface area contributed by atoms with Crippen LogP contribution in [0.4, 0.5) is 0 Å². The maximum absolute atomic E-state index is 12.6. The third-order valence-corrected chi connectivity index (χ3v) is 11.1. The second kappa shape index (κ2) is 19.2. The molecule has 1 fully saturated rings. The lowest BCUT2D eigenvalue weighted by atomic mass is 10.0. The van der Waals surface area contributed by atoms with Crippen LogP contribution in [-0.2, 0) is 28.6 Å². The first-order chi connectivity index (χ1) is 23.0. The topological polar surface area (TPSA) is 94.2 Å². The second-order valence-corrected chi connectivity index (χ2v) is 14.0. The van der Waals surface area contributed by atoms with Crippen molar-refractivity contribution in [1.29, 1.82) is 0 Å². The average molecular weight is 675 g/mol. The van der Waals surface area contributed by atoms with Gasteiger partial charge >= 0.3 is 5.97 Å². The monoisotopic (exact) mass is 674 g/mol. The predicted octanol–water partition coefficient (Wildman–Crippen LogP) is 4.67. The van der Waals surface area contributed by atoms with Crippen LogP contribution in [-0.4, -0.2) is 72.9 Å². The van der Waals surface area contributed by atoms with Crippen LogP contribution in [0, 0.1) is 0 Å². The molecular weight excluding hydrogens is 631 g/mol. The van der Waals surface area contributed by atoms with E-state index in [1.165, 1.54) is 38.7 Å². The number of carbonyl (C=O) groups excluding carboxylic acids is 3. The molecule has 5 rings (SSSR count). The fourth-order valence-electron chi connectivity index (χ4n) is 5.07. The number of fused-ring (bicyclic) bond motifs is 1. The van der Waals surface area contributed by atoms with Crippen molar-refractivity contribution in [1.82, 2.24) is 10.2 Å². The molecule has 3 aromatic rings. The maximum Gasteiger partial charge on any atom is 0.355 e. The number of ether oxygens (including phenoxy) is 3. The van der Waals surface area contributed by atoms with Crippen molar-refractivity contribution in [3.8, 4) is 0 Å². The summed E-state index contributed by atoms with van der Waals surface area (Å²) >= 11 is 1.53. The minimum absolute atomic E-state index is 0.0820. The smallest absolute Gasteiger partial charge is 0.355 e. The van der Waals surface area contributed by atoms with Gasteiger partial charge in [-0.3, -0.25) is 14.5 Å². The van der Waals surface area contributed by atoms with E-state index < -0.39 is 19.9 Å². The van der Waals surface area contributed by atoms with Gasteiger partial charge < -0.3 is 19.5 Å². The Balaban J connectivity index is 0.000000228. The van der Waals surface area contributed by atoms with Gasteiger partial charge in [0.1, 0.15) is 30.3 Å². The molecule has 2 amide bonds. The highest BCUT2D eigenvalue weighted by Gasteiger charge is 2.54. The Hall–Kier alpha value is -3.75. The van der Waals surface area contributed by atoms with Crippen LogP contribution < -0.4 is 21.2 Å². The molecule has 10 heteroatoms. The number of amides is 2. The molecule has 0 bridgehead atoms. The molecule has 248 valence electrons. The fourth-order valence-corrected chi connectivity index (χ4v) is 8.82. The van der Waals surface area contributed by atoms with Gasteiger partial charge in [-0.25, -0.2) is 4.79 Å². The molecular formula is C37H43N2O6PS. The Kier molecular flexibility index (Phi) is 14.7. The zero-order valence-electron chi connectivity index (χ0n) is 27.0. The van der Waals surface area contributed by atoms with Gasteiger partial charge in [0.2, 0.25) is 5.91 Å². The molecule has 2 aliphatic rings. The minimum atomic E-state index is -0.668. The standard InChI is InChI=1S/C19H28N2O6S.C18H15P/c1-4-7-25-9-10-26-11-14(22)20-15-17(23)21-16(19(24)27-8-5-2)13(6-3)12-28-18(15)21;1-4-10-16(11-5-1)19(17-12-6-2-7-13-17)18-14-8-3-9-15-18/h5,15,18H,2,4,6-12H2,1,3H3,(H,20,22);1-15H/t15-,18?;/m1./s1. The molecule has 0 radical (unpaired) electrons. The Bertz CT molecular complexity index is 1390. The van der Waals surface area contributed by atoms with Gasteiger partial charge in [0.25, 0.3) is 5.91 Å². The lowest BCUT2D eigenvalue weighted by Crippen LogP contribution is -2.70. The molecule has 1 unspecified atom stereocenters. The minimum Gasteiger partial charge on any atom is -0.457 e. The average Bonchev–Trinajstić information content (AvgIpc) is 3.12. The Morgan fingerprint density at radius 1 is 0.894 bits per heavy atom. The predicted molar refractivity (Wildman–Crippen MR) is 191 cm³/mol. The summed E-state index contributed by atoms with van der Waals surface area (Å²) in [5.74, 6) is -0.597. The lowest BCUT2D eigenvalue weighted by Gasteiger charge is -2.49. The first-order valence-electron chi connectivity index (χ1n) is 15.8. The van der Waals surface area contributed by atoms with E-state index in [4.69, 9.17) is 14.2 Å². The summed E-state index contributed by atoms with van der Waals surface area (Å²) in [7, 11) is -0.446. The number of rotatable bonds is 15. The molecule has 2 heterocycles. The normalized spacial score (nSPS) is 16.8. The molecule has 3 aromatic carbocycles. The summed E-state index contributed by atoms with van der Waals surface area (Å²) in [5.41, 5.74) is 1.16. The molecule has 2 aliphatic heterocycles. The Morgan fingerprint density at radius 2 is 1.45 bits per heavy atom.